The molecule has 1 aromatic carbocycles. The Hall–Kier alpha value is -0.770. The first-order valence-corrected chi connectivity index (χ1v) is 7.64. The maximum atomic E-state index is 12.1. The van der Waals surface area contributed by atoms with Crippen molar-refractivity contribution in [2.45, 2.75) is 25.3 Å². The van der Waals surface area contributed by atoms with E-state index in [0.29, 0.717) is 34.1 Å². The molecule has 1 aromatic rings. The highest BCUT2D eigenvalue weighted by molar-refractivity contribution is 6.42. The molecule has 1 aliphatic carbocycles. The molecule has 0 radical (unpaired) electrons. The van der Waals surface area contributed by atoms with Crippen molar-refractivity contribution in [2.75, 3.05) is 20.6 Å². The number of carbonyl (C=O) groups excluding carboxylic acids is 1. The molecule has 0 bridgehead atoms. The van der Waals surface area contributed by atoms with Crippen LogP contribution in [-0.2, 0) is 0 Å². The van der Waals surface area contributed by atoms with E-state index in [1.807, 2.05) is 0 Å². The molecule has 0 aliphatic heterocycles. The molecule has 1 amide bonds. The van der Waals surface area contributed by atoms with Crippen LogP contribution >= 0.6 is 23.2 Å². The van der Waals surface area contributed by atoms with E-state index >= 15 is 0 Å². The van der Waals surface area contributed by atoms with Crippen LogP contribution in [0.5, 0.6) is 0 Å². The number of hydrogen-bond donors (Lipinski definition) is 1. The number of nitrogens with one attached hydrogen (secondary N) is 1. The van der Waals surface area contributed by atoms with Gasteiger partial charge in [0.25, 0.3) is 5.91 Å². The van der Waals surface area contributed by atoms with Crippen molar-refractivity contribution in [3.8, 4) is 0 Å². The van der Waals surface area contributed by atoms with Crippen molar-refractivity contribution in [3.05, 3.63) is 33.8 Å². The van der Waals surface area contributed by atoms with Crippen molar-refractivity contribution in [1.82, 2.24) is 10.2 Å². The minimum absolute atomic E-state index is 0.0898. The van der Waals surface area contributed by atoms with Gasteiger partial charge in [-0.15, -0.1) is 0 Å². The van der Waals surface area contributed by atoms with E-state index in [0.717, 1.165) is 0 Å². The Morgan fingerprint density at radius 3 is 2.70 bits per heavy atom. The van der Waals surface area contributed by atoms with Crippen LogP contribution in [0.25, 0.3) is 0 Å². The van der Waals surface area contributed by atoms with Crippen LogP contribution in [-0.4, -0.2) is 37.5 Å². The zero-order valence-electron chi connectivity index (χ0n) is 11.8. The Bertz CT molecular complexity index is 491. The van der Waals surface area contributed by atoms with Crippen molar-refractivity contribution in [1.29, 1.82) is 0 Å². The standard InChI is InChI=1S/C15H20Cl2N2O/c1-19(2)14-5-3-4-11(14)9-18-15(20)10-6-7-12(16)13(17)8-10/h6-8,11,14H,3-5,9H2,1-2H3,(H,18,20). The fourth-order valence-corrected chi connectivity index (χ4v) is 3.20. The molecule has 1 N–H and O–H groups in total. The Balaban J connectivity index is 1.93. The van der Waals surface area contributed by atoms with Crippen molar-refractivity contribution >= 4 is 29.1 Å². The highest BCUT2D eigenvalue weighted by Crippen LogP contribution is 2.28. The van der Waals surface area contributed by atoms with E-state index in [4.69, 9.17) is 23.2 Å². The number of rotatable bonds is 4. The van der Waals surface area contributed by atoms with Gasteiger partial charge in [-0.05, 0) is 51.1 Å². The molecule has 1 fully saturated rings. The number of nitrogens with zero attached hydrogens (tertiary/aromatic N) is 1. The summed E-state index contributed by atoms with van der Waals surface area (Å²) in [7, 11) is 4.20. The van der Waals surface area contributed by atoms with Crippen LogP contribution < -0.4 is 5.32 Å². The van der Waals surface area contributed by atoms with Gasteiger partial charge in [0.15, 0.2) is 0 Å². The van der Waals surface area contributed by atoms with Gasteiger partial charge in [-0.25, -0.2) is 0 Å². The molecule has 1 saturated carbocycles. The van der Waals surface area contributed by atoms with Crippen molar-refractivity contribution in [3.63, 3.8) is 0 Å². The molecular weight excluding hydrogens is 295 g/mol. The van der Waals surface area contributed by atoms with E-state index in [-0.39, 0.29) is 5.91 Å². The lowest BCUT2D eigenvalue weighted by atomic mass is 10.0. The van der Waals surface area contributed by atoms with Crippen LogP contribution in [0.2, 0.25) is 10.0 Å². The fourth-order valence-electron chi connectivity index (χ4n) is 2.90. The number of amides is 1. The monoisotopic (exact) mass is 314 g/mol. The molecule has 0 heterocycles. The van der Waals surface area contributed by atoms with Crippen LogP contribution in [0, 0.1) is 5.92 Å². The first kappa shape index (κ1) is 15.6. The zero-order valence-corrected chi connectivity index (χ0v) is 13.3. The molecular formula is C15H20Cl2N2O. The molecule has 5 heteroatoms. The predicted octanol–water partition coefficient (Wildman–Crippen LogP) is 3.45. The highest BCUT2D eigenvalue weighted by Gasteiger charge is 2.28. The third-order valence-corrected chi connectivity index (χ3v) is 4.73. The lowest BCUT2D eigenvalue weighted by molar-refractivity contribution is 0.0940. The SMILES string of the molecule is CN(C)C1CCCC1CNC(=O)c1ccc(Cl)c(Cl)c1. The minimum Gasteiger partial charge on any atom is -0.352 e. The van der Waals surface area contributed by atoms with Crippen LogP contribution in [0.4, 0.5) is 0 Å². The average Bonchev–Trinajstić information content (AvgIpc) is 2.87. The van der Waals surface area contributed by atoms with E-state index < -0.39 is 0 Å². The second-order valence-corrected chi connectivity index (χ2v) is 6.38. The number of benzene rings is 1. The zero-order chi connectivity index (χ0) is 14.7. The molecule has 2 unspecified atom stereocenters. The lowest BCUT2D eigenvalue weighted by Gasteiger charge is -2.26. The Morgan fingerprint density at radius 1 is 1.30 bits per heavy atom. The summed E-state index contributed by atoms with van der Waals surface area (Å²) in [6.45, 7) is 0.710. The van der Waals surface area contributed by atoms with Crippen LogP contribution in [0.15, 0.2) is 18.2 Å². The van der Waals surface area contributed by atoms with E-state index in [1.54, 1.807) is 18.2 Å². The summed E-state index contributed by atoms with van der Waals surface area (Å²) < 4.78 is 0. The van der Waals surface area contributed by atoms with Crippen molar-refractivity contribution < 1.29 is 4.79 Å². The number of halogens is 2. The van der Waals surface area contributed by atoms with E-state index in [2.05, 4.69) is 24.3 Å². The number of carbonyl (C=O) groups is 1. The molecule has 2 rings (SSSR count). The molecule has 1 aliphatic rings. The van der Waals surface area contributed by atoms with Crippen LogP contribution in [0.1, 0.15) is 29.6 Å². The summed E-state index contributed by atoms with van der Waals surface area (Å²) >= 11 is 11.8. The largest absolute Gasteiger partial charge is 0.352 e. The maximum absolute atomic E-state index is 12.1. The number of hydrogen-bond acceptors (Lipinski definition) is 2. The van der Waals surface area contributed by atoms with E-state index in [9.17, 15) is 4.79 Å². The Labute approximate surface area is 130 Å². The maximum Gasteiger partial charge on any atom is 0.251 e. The van der Waals surface area contributed by atoms with Gasteiger partial charge in [0.1, 0.15) is 0 Å². The van der Waals surface area contributed by atoms with Crippen LogP contribution in [0.3, 0.4) is 0 Å². The van der Waals surface area contributed by atoms with Gasteiger partial charge in [-0.2, -0.15) is 0 Å². The smallest absolute Gasteiger partial charge is 0.251 e. The Morgan fingerprint density at radius 2 is 2.05 bits per heavy atom. The first-order valence-electron chi connectivity index (χ1n) is 6.88. The topological polar surface area (TPSA) is 32.3 Å². The van der Waals surface area contributed by atoms with Gasteiger partial charge >= 0.3 is 0 Å². The first-order chi connectivity index (χ1) is 9.49. The van der Waals surface area contributed by atoms with Gasteiger partial charge in [0.05, 0.1) is 10.0 Å². The molecule has 20 heavy (non-hydrogen) atoms. The summed E-state index contributed by atoms with van der Waals surface area (Å²) in [6.07, 6.45) is 3.61. The summed E-state index contributed by atoms with van der Waals surface area (Å²) in [4.78, 5) is 14.4. The lowest BCUT2D eigenvalue weighted by Crippen LogP contribution is -2.38. The second kappa shape index (κ2) is 6.79. The molecule has 2 atom stereocenters. The minimum atomic E-state index is -0.0898. The molecule has 110 valence electrons. The van der Waals surface area contributed by atoms with Gasteiger partial charge in [0, 0.05) is 18.2 Å². The summed E-state index contributed by atoms with van der Waals surface area (Å²) in [6, 6.07) is 5.51. The summed E-state index contributed by atoms with van der Waals surface area (Å²) in [5.41, 5.74) is 0.554. The molecule has 3 nitrogen and oxygen atoms in total. The highest BCUT2D eigenvalue weighted by atomic mass is 35.5. The van der Waals surface area contributed by atoms with E-state index in [1.165, 1.54) is 19.3 Å². The average molecular weight is 315 g/mol. The molecule has 0 saturated heterocycles. The van der Waals surface area contributed by atoms with Gasteiger partial charge in [0.2, 0.25) is 0 Å². The second-order valence-electron chi connectivity index (χ2n) is 5.56. The molecule has 0 spiro atoms. The van der Waals surface area contributed by atoms with Gasteiger partial charge in [-0.3, -0.25) is 4.79 Å². The molecule has 0 aromatic heterocycles. The summed E-state index contributed by atoms with van der Waals surface area (Å²) in [5, 5.41) is 3.88. The third kappa shape index (κ3) is 3.66. The van der Waals surface area contributed by atoms with Gasteiger partial charge < -0.3 is 10.2 Å². The van der Waals surface area contributed by atoms with Gasteiger partial charge in [-0.1, -0.05) is 29.6 Å². The normalized spacial score (nSPS) is 22.2. The third-order valence-electron chi connectivity index (χ3n) is 3.99. The Kier molecular flexibility index (Phi) is 5.30. The fraction of sp³-hybridized carbons (Fsp3) is 0.533. The quantitative estimate of drug-likeness (QED) is 0.923. The summed E-state index contributed by atoms with van der Waals surface area (Å²) in [5.74, 6) is 0.435. The van der Waals surface area contributed by atoms with Crippen molar-refractivity contribution in [2.24, 2.45) is 5.92 Å². The predicted molar refractivity (Wildman–Crippen MR) is 83.6 cm³/mol.